The molecule has 48 heavy (non-hydrogen) atoms. The lowest BCUT2D eigenvalue weighted by Gasteiger charge is -2.35. The number of hydrogen-bond acceptors (Lipinski definition) is 8. The number of morpholine rings is 1. The summed E-state index contributed by atoms with van der Waals surface area (Å²) >= 11 is 0. The molecule has 0 aromatic heterocycles. The highest BCUT2D eigenvalue weighted by Gasteiger charge is 2.35. The monoisotopic (exact) mass is 691 g/mol. The lowest BCUT2D eigenvalue weighted by Crippen LogP contribution is -2.57. The van der Waals surface area contributed by atoms with Crippen LogP contribution < -0.4 is 10.6 Å². The molecule has 1 saturated carbocycles. The Bertz CT molecular complexity index is 1260. The van der Waals surface area contributed by atoms with Gasteiger partial charge in [-0.3, -0.25) is 14.5 Å². The van der Waals surface area contributed by atoms with E-state index in [0.717, 1.165) is 63.4 Å². The molecule has 1 aromatic rings. The number of amides is 2. The highest BCUT2D eigenvalue weighted by Crippen LogP contribution is 2.29. The summed E-state index contributed by atoms with van der Waals surface area (Å²) in [5.41, 5.74) is 3.51. The Morgan fingerprint density at radius 3 is 2.42 bits per heavy atom. The van der Waals surface area contributed by atoms with Crippen molar-refractivity contribution in [3.05, 3.63) is 34.9 Å². The zero-order chi connectivity index (χ0) is 34.5. The molecule has 1 saturated heterocycles. The van der Waals surface area contributed by atoms with Gasteiger partial charge >= 0.3 is 0 Å². The molecule has 272 valence electrons. The Kier molecular flexibility index (Phi) is 15.6. The predicted molar refractivity (Wildman–Crippen MR) is 188 cm³/mol. The second-order valence-electron chi connectivity index (χ2n) is 14.4. The average molecular weight is 692 g/mol. The maximum Gasteiger partial charge on any atom is 0.242 e. The van der Waals surface area contributed by atoms with Gasteiger partial charge in [0.1, 0.15) is 12.1 Å². The Morgan fingerprint density at radius 1 is 0.979 bits per heavy atom. The van der Waals surface area contributed by atoms with Gasteiger partial charge in [-0.15, -0.1) is 0 Å². The highest BCUT2D eigenvalue weighted by molar-refractivity contribution is 7.91. The van der Waals surface area contributed by atoms with Crippen molar-refractivity contribution in [1.29, 1.82) is 0 Å². The number of unbranched alkanes of at least 4 members (excludes halogenated alkanes) is 1. The van der Waals surface area contributed by atoms with Crippen molar-refractivity contribution in [1.82, 2.24) is 15.5 Å². The van der Waals surface area contributed by atoms with Gasteiger partial charge in [-0.25, -0.2) is 8.42 Å². The summed E-state index contributed by atoms with van der Waals surface area (Å²) in [6.07, 6.45) is 10.1. The predicted octanol–water partition coefficient (Wildman–Crippen LogP) is 3.34. The SMILES string of the molecule is CCCC[C@H](NC(=O)[C@H](Cc1cccc2c1CCCC2)CS(=O)(=O)CC)C(=O)N[C@@H](CC1CCCCC1)[C@@H](O)[C@@H](O)CN1CCOCC1. The number of sulfone groups is 1. The number of ether oxygens (including phenoxy) is 1. The number of carbonyl (C=O) groups excluding carboxylic acids is 2. The number of β-amino-alcohol motifs (C(OH)–C–C–N with tert-alkyl or cyclic N) is 1. The Morgan fingerprint density at radius 2 is 1.71 bits per heavy atom. The van der Waals surface area contributed by atoms with E-state index in [4.69, 9.17) is 4.74 Å². The summed E-state index contributed by atoms with van der Waals surface area (Å²) in [5.74, 6) is -1.68. The van der Waals surface area contributed by atoms with E-state index in [0.29, 0.717) is 57.9 Å². The largest absolute Gasteiger partial charge is 0.389 e. The lowest BCUT2D eigenvalue weighted by molar-refractivity contribution is -0.132. The van der Waals surface area contributed by atoms with Crippen LogP contribution in [0.4, 0.5) is 0 Å². The van der Waals surface area contributed by atoms with Gasteiger partial charge in [0.05, 0.1) is 37.0 Å². The van der Waals surface area contributed by atoms with E-state index in [2.05, 4.69) is 21.6 Å². The Labute approximate surface area is 288 Å². The molecule has 2 amide bonds. The van der Waals surface area contributed by atoms with Gasteiger partial charge < -0.3 is 25.6 Å². The average Bonchev–Trinajstić information content (AvgIpc) is 3.10. The van der Waals surface area contributed by atoms with Crippen LogP contribution in [0.25, 0.3) is 0 Å². The molecule has 10 nitrogen and oxygen atoms in total. The summed E-state index contributed by atoms with van der Waals surface area (Å²) in [6.45, 7) is 6.41. The normalized spacial score (nSPS) is 21.0. The third kappa shape index (κ3) is 11.8. The Hall–Kier alpha value is -2.05. The van der Waals surface area contributed by atoms with Crippen molar-refractivity contribution in [2.24, 2.45) is 11.8 Å². The van der Waals surface area contributed by atoms with Crippen LogP contribution in [0.1, 0.15) is 101 Å². The smallest absolute Gasteiger partial charge is 0.242 e. The number of benzene rings is 1. The third-order valence-electron chi connectivity index (χ3n) is 10.7. The van der Waals surface area contributed by atoms with E-state index in [1.807, 2.05) is 19.1 Å². The first kappa shape index (κ1) is 38.7. The maximum absolute atomic E-state index is 14.0. The number of nitrogens with one attached hydrogen (secondary N) is 2. The zero-order valence-corrected chi connectivity index (χ0v) is 30.2. The summed E-state index contributed by atoms with van der Waals surface area (Å²) < 4.78 is 31.2. The van der Waals surface area contributed by atoms with Crippen molar-refractivity contribution in [3.63, 3.8) is 0 Å². The van der Waals surface area contributed by atoms with E-state index < -0.39 is 51.9 Å². The molecule has 2 aliphatic carbocycles. The fourth-order valence-electron chi connectivity index (χ4n) is 7.71. The molecule has 4 rings (SSSR count). The number of carbonyl (C=O) groups is 2. The van der Waals surface area contributed by atoms with Crippen LogP contribution in [-0.4, -0.2) is 104 Å². The first-order chi connectivity index (χ1) is 23.1. The molecule has 2 fully saturated rings. The number of rotatable bonds is 18. The number of hydrogen-bond donors (Lipinski definition) is 4. The maximum atomic E-state index is 14.0. The van der Waals surface area contributed by atoms with E-state index in [1.54, 1.807) is 6.92 Å². The van der Waals surface area contributed by atoms with Crippen LogP contribution in [-0.2, 0) is 43.4 Å². The number of aliphatic hydroxyl groups is 2. The van der Waals surface area contributed by atoms with E-state index in [-0.39, 0.29) is 18.1 Å². The van der Waals surface area contributed by atoms with Crippen LogP contribution in [0.3, 0.4) is 0 Å². The van der Waals surface area contributed by atoms with Crippen LogP contribution in [0, 0.1) is 11.8 Å². The summed E-state index contributed by atoms with van der Waals surface area (Å²) in [4.78, 5) is 30.1. The van der Waals surface area contributed by atoms with Gasteiger partial charge in [-0.05, 0) is 67.6 Å². The van der Waals surface area contributed by atoms with Crippen molar-refractivity contribution in [2.45, 2.75) is 128 Å². The van der Waals surface area contributed by atoms with E-state index in [1.165, 1.54) is 17.5 Å². The molecule has 0 unspecified atom stereocenters. The van der Waals surface area contributed by atoms with Crippen LogP contribution in [0.5, 0.6) is 0 Å². The molecule has 0 bridgehead atoms. The summed E-state index contributed by atoms with van der Waals surface area (Å²) in [6, 6.07) is 4.56. The molecule has 11 heteroatoms. The molecule has 1 aliphatic heterocycles. The number of aryl methyl sites for hydroxylation is 1. The summed E-state index contributed by atoms with van der Waals surface area (Å²) in [7, 11) is -3.48. The molecule has 1 aromatic carbocycles. The first-order valence-electron chi connectivity index (χ1n) is 18.7. The minimum Gasteiger partial charge on any atom is -0.389 e. The van der Waals surface area contributed by atoms with Gasteiger partial charge in [-0.2, -0.15) is 0 Å². The van der Waals surface area contributed by atoms with Crippen molar-refractivity contribution >= 4 is 21.7 Å². The number of nitrogens with zero attached hydrogens (tertiary/aromatic N) is 1. The van der Waals surface area contributed by atoms with Gasteiger partial charge in [0, 0.05) is 25.4 Å². The highest BCUT2D eigenvalue weighted by atomic mass is 32.2. The van der Waals surface area contributed by atoms with Gasteiger partial charge in [0.15, 0.2) is 9.84 Å². The Balaban J connectivity index is 1.51. The quantitative estimate of drug-likeness (QED) is 0.184. The van der Waals surface area contributed by atoms with Crippen molar-refractivity contribution in [2.75, 3.05) is 44.4 Å². The molecular weight excluding hydrogens is 630 g/mol. The van der Waals surface area contributed by atoms with Crippen LogP contribution in [0.15, 0.2) is 18.2 Å². The first-order valence-corrected chi connectivity index (χ1v) is 20.5. The zero-order valence-electron chi connectivity index (χ0n) is 29.3. The van der Waals surface area contributed by atoms with E-state index in [9.17, 15) is 28.2 Å². The van der Waals surface area contributed by atoms with Gasteiger partial charge in [-0.1, -0.05) is 77.0 Å². The fraction of sp³-hybridized carbons (Fsp3) is 0.784. The molecule has 0 spiro atoms. The second kappa shape index (κ2) is 19.4. The molecule has 5 atom stereocenters. The number of aliphatic hydroxyl groups excluding tert-OH is 2. The van der Waals surface area contributed by atoms with Crippen molar-refractivity contribution < 1.29 is 33.0 Å². The third-order valence-corrected chi connectivity index (χ3v) is 12.5. The molecule has 4 N–H and O–H groups in total. The van der Waals surface area contributed by atoms with Gasteiger partial charge in [0.2, 0.25) is 11.8 Å². The molecule has 1 heterocycles. The second-order valence-corrected chi connectivity index (χ2v) is 16.8. The minimum absolute atomic E-state index is 0.0586. The van der Waals surface area contributed by atoms with Crippen LogP contribution >= 0.6 is 0 Å². The molecule has 3 aliphatic rings. The molecular formula is C37H61N3O7S. The van der Waals surface area contributed by atoms with Crippen LogP contribution in [0.2, 0.25) is 0 Å². The summed E-state index contributed by atoms with van der Waals surface area (Å²) in [5, 5.41) is 28.6. The standard InChI is InChI=1S/C37H61N3O7S/c1-3-5-18-32(38-36(43)30(26-48(45,46)4-2)24-29-16-11-15-28-14-9-10-17-31(28)29)37(44)39-33(23-27-12-7-6-8-13-27)35(42)34(41)25-40-19-21-47-22-20-40/h11,15-16,27,30,32-35,41-42H,3-10,12-14,17-26H2,1-2H3,(H,38,43)(H,39,44)/t30-,32+,33+,34+,35-/m1/s1. The van der Waals surface area contributed by atoms with Gasteiger partial charge in [0.25, 0.3) is 0 Å². The fourth-order valence-corrected chi connectivity index (χ4v) is 8.83. The minimum atomic E-state index is -3.48. The lowest BCUT2D eigenvalue weighted by atomic mass is 9.83. The molecule has 0 radical (unpaired) electrons. The van der Waals surface area contributed by atoms with E-state index >= 15 is 0 Å². The topological polar surface area (TPSA) is 145 Å². The van der Waals surface area contributed by atoms with Crippen molar-refractivity contribution in [3.8, 4) is 0 Å². The number of fused-ring (bicyclic) bond motifs is 1.